The van der Waals surface area contributed by atoms with Crippen LogP contribution in [0.25, 0.3) is 10.9 Å². The predicted octanol–water partition coefficient (Wildman–Crippen LogP) is 1.89. The highest BCUT2D eigenvalue weighted by molar-refractivity contribution is 5.96. The van der Waals surface area contributed by atoms with E-state index in [4.69, 9.17) is 5.11 Å². The molecule has 2 N–H and O–H groups in total. The van der Waals surface area contributed by atoms with E-state index in [-0.39, 0.29) is 11.4 Å². The van der Waals surface area contributed by atoms with Crippen LogP contribution in [-0.2, 0) is 7.05 Å². The third-order valence-electron chi connectivity index (χ3n) is 2.57. The second kappa shape index (κ2) is 3.02. The van der Waals surface area contributed by atoms with Crippen LogP contribution in [0.15, 0.2) is 18.2 Å². The van der Waals surface area contributed by atoms with Crippen LogP contribution in [0.2, 0.25) is 0 Å². The van der Waals surface area contributed by atoms with Crippen LogP contribution >= 0.6 is 0 Å². The average Bonchev–Trinajstić information content (AvgIpc) is 2.44. The third kappa shape index (κ3) is 1.34. The van der Waals surface area contributed by atoms with Crippen LogP contribution in [0.5, 0.6) is 5.75 Å². The van der Waals surface area contributed by atoms with Gasteiger partial charge in [-0.05, 0) is 24.6 Å². The Morgan fingerprint density at radius 2 is 2.00 bits per heavy atom. The fourth-order valence-corrected chi connectivity index (χ4v) is 1.79. The van der Waals surface area contributed by atoms with Gasteiger partial charge in [0.15, 0.2) is 0 Å². The summed E-state index contributed by atoms with van der Waals surface area (Å²) < 4.78 is 1.56. The molecule has 1 heterocycles. The van der Waals surface area contributed by atoms with E-state index in [0.29, 0.717) is 0 Å². The minimum atomic E-state index is -0.965. The monoisotopic (exact) mass is 205 g/mol. The van der Waals surface area contributed by atoms with Crippen molar-refractivity contribution >= 4 is 16.9 Å². The number of nitrogens with zero attached hydrogens (tertiary/aromatic N) is 1. The van der Waals surface area contributed by atoms with Crippen molar-refractivity contribution in [2.75, 3.05) is 0 Å². The molecule has 0 radical (unpaired) electrons. The zero-order valence-electron chi connectivity index (χ0n) is 8.48. The van der Waals surface area contributed by atoms with Gasteiger partial charge >= 0.3 is 5.97 Å². The number of aryl methyl sites for hydroxylation is 2. The topological polar surface area (TPSA) is 62.5 Å². The Kier molecular flexibility index (Phi) is 1.93. The molecule has 0 saturated carbocycles. The Hall–Kier alpha value is -1.97. The van der Waals surface area contributed by atoms with E-state index in [2.05, 4.69) is 0 Å². The fourth-order valence-electron chi connectivity index (χ4n) is 1.79. The van der Waals surface area contributed by atoms with Gasteiger partial charge in [-0.2, -0.15) is 0 Å². The molecule has 0 amide bonds. The molecule has 0 fully saturated rings. The van der Waals surface area contributed by atoms with Crippen molar-refractivity contribution in [2.45, 2.75) is 6.92 Å². The summed E-state index contributed by atoms with van der Waals surface area (Å²) in [7, 11) is 1.67. The van der Waals surface area contributed by atoms with E-state index in [1.54, 1.807) is 29.8 Å². The van der Waals surface area contributed by atoms with Gasteiger partial charge in [0.2, 0.25) is 0 Å². The van der Waals surface area contributed by atoms with Crippen molar-refractivity contribution < 1.29 is 15.0 Å². The van der Waals surface area contributed by atoms with Crippen LogP contribution in [0.3, 0.4) is 0 Å². The normalized spacial score (nSPS) is 10.8. The van der Waals surface area contributed by atoms with Crippen molar-refractivity contribution in [2.24, 2.45) is 7.05 Å². The number of carboxylic acid groups (broad SMARTS) is 1. The molecule has 0 bridgehead atoms. The maximum absolute atomic E-state index is 10.9. The summed E-state index contributed by atoms with van der Waals surface area (Å²) in [4.78, 5) is 10.9. The Morgan fingerprint density at radius 3 is 2.60 bits per heavy atom. The lowest BCUT2D eigenvalue weighted by molar-refractivity contribution is 0.0687. The second-order valence-electron chi connectivity index (χ2n) is 3.59. The van der Waals surface area contributed by atoms with Crippen molar-refractivity contribution in [3.63, 3.8) is 0 Å². The number of aromatic carboxylic acids is 1. The van der Waals surface area contributed by atoms with Crippen molar-refractivity contribution in [3.8, 4) is 5.75 Å². The van der Waals surface area contributed by atoms with Crippen LogP contribution < -0.4 is 0 Å². The third-order valence-corrected chi connectivity index (χ3v) is 2.57. The molecule has 0 aliphatic heterocycles. The van der Waals surface area contributed by atoms with E-state index >= 15 is 0 Å². The number of benzene rings is 1. The number of hydrogen-bond donors (Lipinski definition) is 2. The molecule has 0 spiro atoms. The van der Waals surface area contributed by atoms with E-state index in [1.807, 2.05) is 6.92 Å². The van der Waals surface area contributed by atoms with Crippen LogP contribution in [0.1, 0.15) is 16.1 Å². The van der Waals surface area contributed by atoms with E-state index in [9.17, 15) is 9.90 Å². The molecule has 1 aromatic carbocycles. The predicted molar refractivity (Wildman–Crippen MR) is 56.3 cm³/mol. The highest BCUT2D eigenvalue weighted by Crippen LogP contribution is 2.26. The molecule has 15 heavy (non-hydrogen) atoms. The summed E-state index contributed by atoms with van der Waals surface area (Å²) in [5.41, 5.74) is 1.82. The molecular formula is C11H11NO3. The summed E-state index contributed by atoms with van der Waals surface area (Å²) in [5.74, 6) is -0.814. The molecule has 1 aromatic heterocycles. The maximum Gasteiger partial charge on any atom is 0.352 e. The van der Waals surface area contributed by atoms with Crippen LogP contribution in [0.4, 0.5) is 0 Å². The number of rotatable bonds is 1. The van der Waals surface area contributed by atoms with Gasteiger partial charge in [0.25, 0.3) is 0 Å². The molecule has 0 aliphatic carbocycles. The van der Waals surface area contributed by atoms with Crippen molar-refractivity contribution in [1.82, 2.24) is 4.57 Å². The number of phenolic OH excluding ortho intramolecular Hbond substituents is 1. The SMILES string of the molecule is Cc1cc(O)cc2c1cc(C(=O)O)n2C. The largest absolute Gasteiger partial charge is 0.508 e. The van der Waals surface area contributed by atoms with Crippen molar-refractivity contribution in [1.29, 1.82) is 0 Å². The molecule has 4 heteroatoms. The van der Waals surface area contributed by atoms with Gasteiger partial charge in [-0.3, -0.25) is 0 Å². The number of aromatic nitrogens is 1. The molecule has 0 atom stereocenters. The van der Waals surface area contributed by atoms with E-state index in [0.717, 1.165) is 16.5 Å². The molecule has 2 aromatic rings. The number of hydrogen-bond acceptors (Lipinski definition) is 2. The van der Waals surface area contributed by atoms with Gasteiger partial charge in [0, 0.05) is 18.5 Å². The van der Waals surface area contributed by atoms with Gasteiger partial charge < -0.3 is 14.8 Å². The smallest absolute Gasteiger partial charge is 0.352 e. The Balaban J connectivity index is 2.88. The Bertz CT molecular complexity index is 554. The van der Waals surface area contributed by atoms with E-state index in [1.165, 1.54) is 0 Å². The van der Waals surface area contributed by atoms with E-state index < -0.39 is 5.97 Å². The lowest BCUT2D eigenvalue weighted by Crippen LogP contribution is -2.03. The zero-order chi connectivity index (χ0) is 11.2. The van der Waals surface area contributed by atoms with Crippen LogP contribution in [-0.4, -0.2) is 20.7 Å². The number of aromatic hydroxyl groups is 1. The molecule has 2 rings (SSSR count). The first-order valence-corrected chi connectivity index (χ1v) is 4.53. The van der Waals surface area contributed by atoms with Gasteiger partial charge in [0.1, 0.15) is 11.4 Å². The first kappa shape index (κ1) is 9.58. The van der Waals surface area contributed by atoms with Gasteiger partial charge in [0.05, 0.1) is 5.52 Å². The average molecular weight is 205 g/mol. The summed E-state index contributed by atoms with van der Waals surface area (Å²) in [6, 6.07) is 4.80. The Labute approximate surface area is 86.4 Å². The molecule has 4 nitrogen and oxygen atoms in total. The van der Waals surface area contributed by atoms with Crippen LogP contribution in [0, 0.1) is 6.92 Å². The number of carbonyl (C=O) groups is 1. The number of phenols is 1. The van der Waals surface area contributed by atoms with Gasteiger partial charge in [-0.1, -0.05) is 0 Å². The van der Waals surface area contributed by atoms with Crippen molar-refractivity contribution in [3.05, 3.63) is 29.5 Å². The standard InChI is InChI=1S/C11H11NO3/c1-6-3-7(13)4-9-8(6)5-10(11(14)15)12(9)2/h3-5,13H,1-2H3,(H,14,15). The molecule has 78 valence electrons. The highest BCUT2D eigenvalue weighted by Gasteiger charge is 2.13. The molecular weight excluding hydrogens is 194 g/mol. The quantitative estimate of drug-likeness (QED) is 0.747. The minimum Gasteiger partial charge on any atom is -0.508 e. The zero-order valence-corrected chi connectivity index (χ0v) is 8.48. The molecule has 0 aliphatic rings. The molecule has 0 unspecified atom stereocenters. The van der Waals surface area contributed by atoms with Gasteiger partial charge in [-0.15, -0.1) is 0 Å². The second-order valence-corrected chi connectivity index (χ2v) is 3.59. The lowest BCUT2D eigenvalue weighted by atomic mass is 10.1. The highest BCUT2D eigenvalue weighted by atomic mass is 16.4. The first-order chi connectivity index (χ1) is 7.00. The fraction of sp³-hybridized carbons (Fsp3) is 0.182. The Morgan fingerprint density at radius 1 is 1.33 bits per heavy atom. The first-order valence-electron chi connectivity index (χ1n) is 4.53. The minimum absolute atomic E-state index is 0.151. The summed E-state index contributed by atoms with van der Waals surface area (Å²) in [6.45, 7) is 1.84. The summed E-state index contributed by atoms with van der Waals surface area (Å²) in [5, 5.41) is 19.2. The number of carboxylic acids is 1. The lowest BCUT2D eigenvalue weighted by Gasteiger charge is -2.01. The number of fused-ring (bicyclic) bond motifs is 1. The maximum atomic E-state index is 10.9. The molecule has 0 saturated heterocycles. The summed E-state index contributed by atoms with van der Waals surface area (Å²) >= 11 is 0. The van der Waals surface area contributed by atoms with Gasteiger partial charge in [-0.25, -0.2) is 4.79 Å². The summed E-state index contributed by atoms with van der Waals surface area (Å²) in [6.07, 6.45) is 0.